The van der Waals surface area contributed by atoms with Crippen LogP contribution in [0.4, 0.5) is 0 Å². The van der Waals surface area contributed by atoms with Gasteiger partial charge in [0.15, 0.2) is 9.84 Å². The van der Waals surface area contributed by atoms with E-state index >= 15 is 0 Å². The summed E-state index contributed by atoms with van der Waals surface area (Å²) in [5, 5.41) is 2.66. The first-order valence-electron chi connectivity index (χ1n) is 7.20. The van der Waals surface area contributed by atoms with Gasteiger partial charge in [-0.25, -0.2) is 8.42 Å². The Hall–Kier alpha value is -1.66. The zero-order valence-electron chi connectivity index (χ0n) is 12.5. The van der Waals surface area contributed by atoms with E-state index in [1.54, 1.807) is 18.2 Å². The fourth-order valence-corrected chi connectivity index (χ4v) is 3.91. The highest BCUT2D eigenvalue weighted by Crippen LogP contribution is 2.14. The summed E-state index contributed by atoms with van der Waals surface area (Å²) in [6.45, 7) is 0.426. The average Bonchev–Trinajstić information content (AvgIpc) is 2.47. The number of benzene rings is 2. The molecule has 0 radical (unpaired) electrons. The molecule has 0 aliphatic carbocycles. The van der Waals surface area contributed by atoms with E-state index in [1.807, 2.05) is 36.4 Å². The lowest BCUT2D eigenvalue weighted by Crippen LogP contribution is -2.32. The topological polar surface area (TPSA) is 63.2 Å². The normalized spacial score (nSPS) is 11.2. The molecule has 0 saturated heterocycles. The summed E-state index contributed by atoms with van der Waals surface area (Å²) in [7, 11) is -3.48. The van der Waals surface area contributed by atoms with Gasteiger partial charge in [0.25, 0.3) is 0 Å². The molecule has 0 bridgehead atoms. The SMILES string of the molecule is O=C(CS(=O)(=O)Cc1cccc(Br)c1)NCCc1ccccc1. The van der Waals surface area contributed by atoms with Crippen LogP contribution >= 0.6 is 15.9 Å². The van der Waals surface area contributed by atoms with Gasteiger partial charge in [0, 0.05) is 11.0 Å². The summed E-state index contributed by atoms with van der Waals surface area (Å²) >= 11 is 3.30. The molecule has 6 heteroatoms. The summed E-state index contributed by atoms with van der Waals surface area (Å²) in [6, 6.07) is 16.8. The van der Waals surface area contributed by atoms with Crippen molar-refractivity contribution in [3.63, 3.8) is 0 Å². The van der Waals surface area contributed by atoms with Gasteiger partial charge in [-0.05, 0) is 29.7 Å². The monoisotopic (exact) mass is 395 g/mol. The Morgan fingerprint density at radius 2 is 1.70 bits per heavy atom. The third-order valence-electron chi connectivity index (χ3n) is 3.21. The fraction of sp³-hybridized carbons (Fsp3) is 0.235. The summed E-state index contributed by atoms with van der Waals surface area (Å²) < 4.78 is 25.0. The molecular weight excluding hydrogens is 378 g/mol. The van der Waals surface area contributed by atoms with Crippen LogP contribution in [-0.4, -0.2) is 26.6 Å². The largest absolute Gasteiger partial charge is 0.355 e. The molecule has 0 aliphatic rings. The van der Waals surface area contributed by atoms with Gasteiger partial charge in [0.1, 0.15) is 5.75 Å². The number of carbonyl (C=O) groups excluding carboxylic acids is 1. The van der Waals surface area contributed by atoms with Crippen LogP contribution in [0.2, 0.25) is 0 Å². The third kappa shape index (κ3) is 6.54. The van der Waals surface area contributed by atoms with Crippen LogP contribution in [-0.2, 0) is 26.8 Å². The smallest absolute Gasteiger partial charge is 0.235 e. The second-order valence-corrected chi connectivity index (χ2v) is 8.23. The summed E-state index contributed by atoms with van der Waals surface area (Å²) in [4.78, 5) is 11.8. The van der Waals surface area contributed by atoms with Crippen LogP contribution in [0.25, 0.3) is 0 Å². The Morgan fingerprint density at radius 1 is 1.00 bits per heavy atom. The highest BCUT2D eigenvalue weighted by Gasteiger charge is 2.17. The van der Waals surface area contributed by atoms with Crippen molar-refractivity contribution in [2.24, 2.45) is 0 Å². The fourth-order valence-electron chi connectivity index (χ4n) is 2.17. The van der Waals surface area contributed by atoms with Gasteiger partial charge in [-0.1, -0.05) is 58.4 Å². The van der Waals surface area contributed by atoms with E-state index in [4.69, 9.17) is 0 Å². The maximum atomic E-state index is 12.1. The third-order valence-corrected chi connectivity index (χ3v) is 5.17. The number of carbonyl (C=O) groups is 1. The van der Waals surface area contributed by atoms with Crippen molar-refractivity contribution in [2.75, 3.05) is 12.3 Å². The molecule has 1 amide bonds. The number of amides is 1. The first-order valence-corrected chi connectivity index (χ1v) is 9.81. The second kappa shape index (κ2) is 8.26. The maximum absolute atomic E-state index is 12.1. The first-order chi connectivity index (χ1) is 10.9. The molecule has 0 fully saturated rings. The lowest BCUT2D eigenvalue weighted by molar-refractivity contribution is -0.118. The molecule has 2 aromatic rings. The Morgan fingerprint density at radius 3 is 2.39 bits per heavy atom. The molecule has 23 heavy (non-hydrogen) atoms. The first kappa shape index (κ1) is 17.7. The van der Waals surface area contributed by atoms with Gasteiger partial charge < -0.3 is 5.32 Å². The zero-order valence-corrected chi connectivity index (χ0v) is 14.9. The molecule has 1 N–H and O–H groups in total. The number of sulfone groups is 1. The molecule has 0 unspecified atom stereocenters. The van der Waals surface area contributed by atoms with Crippen molar-refractivity contribution in [3.8, 4) is 0 Å². The van der Waals surface area contributed by atoms with Crippen molar-refractivity contribution < 1.29 is 13.2 Å². The molecule has 0 aromatic heterocycles. The van der Waals surface area contributed by atoms with Crippen LogP contribution in [0.5, 0.6) is 0 Å². The highest BCUT2D eigenvalue weighted by molar-refractivity contribution is 9.10. The van der Waals surface area contributed by atoms with Crippen LogP contribution < -0.4 is 5.32 Å². The van der Waals surface area contributed by atoms with Crippen molar-refractivity contribution in [3.05, 3.63) is 70.2 Å². The number of halogens is 1. The van der Waals surface area contributed by atoms with Gasteiger partial charge >= 0.3 is 0 Å². The molecule has 2 rings (SSSR count). The van der Waals surface area contributed by atoms with Crippen LogP contribution in [0.15, 0.2) is 59.1 Å². The van der Waals surface area contributed by atoms with Gasteiger partial charge in [-0.2, -0.15) is 0 Å². The Kier molecular flexibility index (Phi) is 6.36. The zero-order chi connectivity index (χ0) is 16.7. The van der Waals surface area contributed by atoms with Crippen molar-refractivity contribution >= 4 is 31.7 Å². The van der Waals surface area contributed by atoms with E-state index in [9.17, 15) is 13.2 Å². The second-order valence-electron chi connectivity index (χ2n) is 5.25. The summed E-state index contributed by atoms with van der Waals surface area (Å²) in [6.07, 6.45) is 0.679. The number of rotatable bonds is 7. The minimum absolute atomic E-state index is 0.140. The molecule has 4 nitrogen and oxygen atoms in total. The van der Waals surface area contributed by atoms with Gasteiger partial charge in [-0.15, -0.1) is 0 Å². The minimum atomic E-state index is -3.48. The molecule has 0 saturated carbocycles. The van der Waals surface area contributed by atoms with E-state index in [-0.39, 0.29) is 5.75 Å². The number of hydrogen-bond acceptors (Lipinski definition) is 3. The number of nitrogens with one attached hydrogen (secondary N) is 1. The summed E-state index contributed by atoms with van der Waals surface area (Å²) in [5.41, 5.74) is 1.77. The van der Waals surface area contributed by atoms with Gasteiger partial charge in [0.2, 0.25) is 5.91 Å². The van der Waals surface area contributed by atoms with Crippen LogP contribution in [0, 0.1) is 0 Å². The Balaban J connectivity index is 1.81. The molecule has 0 aliphatic heterocycles. The van der Waals surface area contributed by atoms with E-state index in [2.05, 4.69) is 21.2 Å². The van der Waals surface area contributed by atoms with Gasteiger partial charge in [-0.3, -0.25) is 4.79 Å². The molecule has 0 heterocycles. The molecule has 0 spiro atoms. The minimum Gasteiger partial charge on any atom is -0.355 e. The molecule has 2 aromatic carbocycles. The standard InChI is InChI=1S/C17H18BrNO3S/c18-16-8-4-7-15(11-16)12-23(21,22)13-17(20)19-10-9-14-5-2-1-3-6-14/h1-8,11H,9-10,12-13H2,(H,19,20). The van der Waals surface area contributed by atoms with Crippen molar-refractivity contribution in [1.29, 1.82) is 0 Å². The highest BCUT2D eigenvalue weighted by atomic mass is 79.9. The Labute approximate surface area is 145 Å². The average molecular weight is 396 g/mol. The lowest BCUT2D eigenvalue weighted by Gasteiger charge is -2.07. The van der Waals surface area contributed by atoms with E-state index in [0.29, 0.717) is 18.5 Å². The summed E-state index contributed by atoms with van der Waals surface area (Å²) in [5.74, 6) is -1.09. The van der Waals surface area contributed by atoms with Crippen LogP contribution in [0.1, 0.15) is 11.1 Å². The predicted molar refractivity (Wildman–Crippen MR) is 94.8 cm³/mol. The van der Waals surface area contributed by atoms with E-state index in [1.165, 1.54) is 0 Å². The molecule has 122 valence electrons. The number of hydrogen-bond donors (Lipinski definition) is 1. The predicted octanol–water partition coefficient (Wildman–Crippen LogP) is 2.72. The quantitative estimate of drug-likeness (QED) is 0.783. The van der Waals surface area contributed by atoms with Gasteiger partial charge in [0.05, 0.1) is 5.75 Å². The molecule has 0 atom stereocenters. The maximum Gasteiger partial charge on any atom is 0.235 e. The van der Waals surface area contributed by atoms with E-state index in [0.717, 1.165) is 10.0 Å². The van der Waals surface area contributed by atoms with Crippen LogP contribution in [0.3, 0.4) is 0 Å². The molecular formula is C17H18BrNO3S. The van der Waals surface area contributed by atoms with Crippen molar-refractivity contribution in [1.82, 2.24) is 5.32 Å². The van der Waals surface area contributed by atoms with E-state index < -0.39 is 21.5 Å². The lowest BCUT2D eigenvalue weighted by atomic mass is 10.1. The van der Waals surface area contributed by atoms with Crippen molar-refractivity contribution in [2.45, 2.75) is 12.2 Å². The Bertz CT molecular complexity index is 760.